The van der Waals surface area contributed by atoms with E-state index in [0.717, 1.165) is 11.1 Å². The van der Waals surface area contributed by atoms with Crippen LogP contribution in [0.4, 0.5) is 18.9 Å². The Morgan fingerprint density at radius 1 is 1.00 bits per heavy atom. The molecule has 0 bridgehead atoms. The molecule has 2 heterocycles. The number of nitrogens with zero attached hydrogens (tertiary/aromatic N) is 7. The zero-order chi connectivity index (χ0) is 32.3. The minimum Gasteiger partial charge on any atom is -0.348 e. The number of amides is 2. The molecular weight excluding hydrogens is 611 g/mol. The molecule has 5 aromatic rings. The minimum atomic E-state index is -4.79. The molecule has 0 aliphatic heterocycles. The van der Waals surface area contributed by atoms with E-state index in [-0.39, 0.29) is 46.3 Å². The van der Waals surface area contributed by atoms with Crippen molar-refractivity contribution in [2.45, 2.75) is 33.1 Å². The normalized spacial score (nSPS) is 11.2. The third kappa shape index (κ3) is 7.00. The van der Waals surface area contributed by atoms with Crippen LogP contribution >= 0.6 is 11.6 Å². The van der Waals surface area contributed by atoms with E-state index in [0.29, 0.717) is 16.0 Å². The molecular formula is C30H23ClF3N9O2. The summed E-state index contributed by atoms with van der Waals surface area (Å²) < 4.78 is 40.2. The van der Waals surface area contributed by atoms with Gasteiger partial charge in [0.15, 0.2) is 0 Å². The first-order valence-corrected chi connectivity index (χ1v) is 13.7. The van der Waals surface area contributed by atoms with E-state index >= 15 is 0 Å². The quantitative estimate of drug-likeness (QED) is 0.238. The van der Waals surface area contributed by atoms with Gasteiger partial charge in [0, 0.05) is 6.54 Å². The molecule has 3 aromatic carbocycles. The summed E-state index contributed by atoms with van der Waals surface area (Å²) in [5.41, 5.74) is 3.17. The van der Waals surface area contributed by atoms with Crippen molar-refractivity contribution in [2.75, 3.05) is 5.32 Å². The fraction of sp³-hybridized carbons (Fsp3) is 0.167. The number of nitriles is 1. The fourth-order valence-corrected chi connectivity index (χ4v) is 4.62. The molecule has 228 valence electrons. The lowest BCUT2D eigenvalue weighted by atomic mass is 10.0. The van der Waals surface area contributed by atoms with Crippen LogP contribution in [0.1, 0.15) is 54.6 Å². The van der Waals surface area contributed by atoms with Crippen LogP contribution in [0.2, 0.25) is 5.02 Å². The molecule has 0 spiro atoms. The topological polar surface area (TPSA) is 143 Å². The van der Waals surface area contributed by atoms with Crippen molar-refractivity contribution in [1.82, 2.24) is 35.3 Å². The van der Waals surface area contributed by atoms with Crippen LogP contribution in [-0.4, -0.2) is 41.8 Å². The SMILES string of the molecule is Cc1ccc(CNC(=O)c2cc(C#N)cc(C)c2NC(=O)c2cc(Cn3nnc(C(F)(F)F)n3)nn2-c2ccccc2Cl)cc1. The summed E-state index contributed by atoms with van der Waals surface area (Å²) in [4.78, 5) is 27.8. The van der Waals surface area contributed by atoms with E-state index in [1.54, 1.807) is 31.2 Å². The van der Waals surface area contributed by atoms with Crippen LogP contribution in [-0.2, 0) is 19.3 Å². The highest BCUT2D eigenvalue weighted by molar-refractivity contribution is 6.32. The third-order valence-electron chi connectivity index (χ3n) is 6.60. The van der Waals surface area contributed by atoms with Crippen molar-refractivity contribution in [2.24, 2.45) is 0 Å². The van der Waals surface area contributed by atoms with Crippen LogP contribution in [0.3, 0.4) is 0 Å². The van der Waals surface area contributed by atoms with E-state index in [1.165, 1.54) is 22.9 Å². The Morgan fingerprint density at radius 3 is 2.40 bits per heavy atom. The molecule has 15 heteroatoms. The van der Waals surface area contributed by atoms with Gasteiger partial charge in [-0.15, -0.1) is 10.2 Å². The molecule has 0 aliphatic rings. The van der Waals surface area contributed by atoms with Gasteiger partial charge >= 0.3 is 6.18 Å². The number of aromatic nitrogens is 6. The van der Waals surface area contributed by atoms with Gasteiger partial charge in [0.1, 0.15) is 12.2 Å². The van der Waals surface area contributed by atoms with Gasteiger partial charge in [0.2, 0.25) is 0 Å². The predicted molar refractivity (Wildman–Crippen MR) is 157 cm³/mol. The number of tetrazole rings is 1. The Kier molecular flexibility index (Phi) is 8.64. The summed E-state index contributed by atoms with van der Waals surface area (Å²) in [7, 11) is 0. The first-order chi connectivity index (χ1) is 21.4. The van der Waals surface area contributed by atoms with Gasteiger partial charge in [-0.05, 0) is 60.5 Å². The number of aryl methyl sites for hydroxylation is 2. The zero-order valence-electron chi connectivity index (χ0n) is 23.7. The van der Waals surface area contributed by atoms with Gasteiger partial charge < -0.3 is 10.6 Å². The molecule has 11 nitrogen and oxygen atoms in total. The highest BCUT2D eigenvalue weighted by atomic mass is 35.5. The Morgan fingerprint density at radius 2 is 1.73 bits per heavy atom. The molecule has 2 N–H and O–H groups in total. The molecule has 0 atom stereocenters. The molecule has 0 saturated carbocycles. The first kappa shape index (κ1) is 30.9. The van der Waals surface area contributed by atoms with Gasteiger partial charge in [-0.3, -0.25) is 9.59 Å². The smallest absolute Gasteiger partial charge is 0.348 e. The number of hydrogen-bond acceptors (Lipinski definition) is 7. The second-order valence-corrected chi connectivity index (χ2v) is 10.4. The van der Waals surface area contributed by atoms with Crippen molar-refractivity contribution in [1.29, 1.82) is 5.26 Å². The number of hydrogen-bond donors (Lipinski definition) is 2. The van der Waals surface area contributed by atoms with E-state index < -0.39 is 23.8 Å². The van der Waals surface area contributed by atoms with Crippen LogP contribution < -0.4 is 10.6 Å². The van der Waals surface area contributed by atoms with Gasteiger partial charge in [-0.2, -0.15) is 28.3 Å². The van der Waals surface area contributed by atoms with Crippen molar-refractivity contribution in [3.63, 3.8) is 0 Å². The van der Waals surface area contributed by atoms with E-state index in [4.69, 9.17) is 11.6 Å². The van der Waals surface area contributed by atoms with Crippen molar-refractivity contribution >= 4 is 29.1 Å². The Balaban J connectivity index is 1.48. The average Bonchev–Trinajstić information content (AvgIpc) is 3.65. The lowest BCUT2D eigenvalue weighted by Crippen LogP contribution is -2.26. The number of carbonyl (C=O) groups is 2. The maximum Gasteiger partial charge on any atom is 0.455 e. The maximum absolute atomic E-state index is 13.8. The number of carbonyl (C=O) groups excluding carboxylic acids is 2. The minimum absolute atomic E-state index is 0.0518. The second-order valence-electron chi connectivity index (χ2n) is 9.98. The van der Waals surface area contributed by atoms with E-state index in [9.17, 15) is 28.0 Å². The second kappa shape index (κ2) is 12.6. The molecule has 5 rings (SSSR count). The number of anilines is 1. The first-order valence-electron chi connectivity index (χ1n) is 13.3. The summed E-state index contributed by atoms with van der Waals surface area (Å²) >= 11 is 6.40. The molecule has 45 heavy (non-hydrogen) atoms. The number of alkyl halides is 3. The molecule has 0 aliphatic carbocycles. The number of rotatable bonds is 8. The molecule has 2 amide bonds. The Labute approximate surface area is 259 Å². The largest absolute Gasteiger partial charge is 0.455 e. The number of benzene rings is 3. The van der Waals surface area contributed by atoms with Crippen LogP contribution in [0.15, 0.2) is 66.7 Å². The summed E-state index contributed by atoms with van der Waals surface area (Å²) in [5, 5.41) is 29.5. The lowest BCUT2D eigenvalue weighted by molar-refractivity contribution is -0.145. The molecule has 0 radical (unpaired) electrons. The number of nitrogens with one attached hydrogen (secondary N) is 2. The monoisotopic (exact) mass is 633 g/mol. The highest BCUT2D eigenvalue weighted by Gasteiger charge is 2.37. The van der Waals surface area contributed by atoms with Crippen molar-refractivity contribution < 1.29 is 22.8 Å². The zero-order valence-corrected chi connectivity index (χ0v) is 24.5. The van der Waals surface area contributed by atoms with Crippen LogP contribution in [0.25, 0.3) is 5.69 Å². The molecule has 2 aromatic heterocycles. The van der Waals surface area contributed by atoms with Crippen molar-refractivity contribution in [3.8, 4) is 11.8 Å². The third-order valence-corrected chi connectivity index (χ3v) is 6.92. The van der Waals surface area contributed by atoms with Crippen LogP contribution in [0.5, 0.6) is 0 Å². The average molecular weight is 634 g/mol. The number of halogens is 4. The highest BCUT2D eigenvalue weighted by Crippen LogP contribution is 2.27. The summed E-state index contributed by atoms with van der Waals surface area (Å²) in [6.45, 7) is 3.45. The van der Waals surface area contributed by atoms with Crippen LogP contribution in [0, 0.1) is 25.2 Å². The lowest BCUT2D eigenvalue weighted by Gasteiger charge is -2.16. The van der Waals surface area contributed by atoms with Gasteiger partial charge in [0.25, 0.3) is 17.6 Å². The van der Waals surface area contributed by atoms with Crippen molar-refractivity contribution in [3.05, 3.63) is 117 Å². The maximum atomic E-state index is 13.8. The standard InChI is InChI=1S/C30H23ClF3N9O2/c1-17-7-9-19(10-8-17)15-36-27(44)22-12-20(14-35)11-18(2)26(22)37-28(45)25-13-21(16-42-40-29(38-41-42)30(32,33)34)39-43(25)24-6-4-3-5-23(24)31/h3-13H,15-16H2,1-2H3,(H,36,44)(H,37,45). The Bertz CT molecular complexity index is 1940. The molecule has 0 saturated heterocycles. The Hall–Kier alpha value is -5.55. The van der Waals surface area contributed by atoms with Gasteiger partial charge in [-0.25, -0.2) is 4.68 Å². The molecule has 0 fully saturated rings. The summed E-state index contributed by atoms with van der Waals surface area (Å²) in [6.07, 6.45) is -4.79. The predicted octanol–water partition coefficient (Wildman–Crippen LogP) is 5.25. The summed E-state index contributed by atoms with van der Waals surface area (Å²) in [5.74, 6) is -2.66. The molecule has 0 unspecified atom stereocenters. The van der Waals surface area contributed by atoms with E-state index in [2.05, 4.69) is 31.1 Å². The number of para-hydroxylation sites is 1. The fourth-order valence-electron chi connectivity index (χ4n) is 4.40. The summed E-state index contributed by atoms with van der Waals surface area (Å²) in [6, 6.07) is 20.4. The van der Waals surface area contributed by atoms with Gasteiger partial charge in [0.05, 0.1) is 39.3 Å². The van der Waals surface area contributed by atoms with E-state index in [1.807, 2.05) is 37.3 Å². The van der Waals surface area contributed by atoms with Gasteiger partial charge in [-0.1, -0.05) is 53.6 Å².